The Morgan fingerprint density at radius 2 is 2.47 bits per heavy atom. The molecule has 0 radical (unpaired) electrons. The van der Waals surface area contributed by atoms with Crippen molar-refractivity contribution in [3.8, 4) is 5.88 Å². The van der Waals surface area contributed by atoms with Crippen LogP contribution in [-0.2, 0) is 4.79 Å². The molecule has 2 heterocycles. The summed E-state index contributed by atoms with van der Waals surface area (Å²) < 4.78 is 5.07. The minimum absolute atomic E-state index is 0.0915. The van der Waals surface area contributed by atoms with Crippen molar-refractivity contribution in [1.82, 2.24) is 14.9 Å². The minimum Gasteiger partial charge on any atom is -0.481 e. The number of likely N-dealkylation sites (N-methyl/N-ethyl adjacent to an activating group) is 1. The van der Waals surface area contributed by atoms with E-state index in [9.17, 15) is 4.79 Å². The zero-order valence-corrected chi connectivity index (χ0v) is 11.2. The lowest BCUT2D eigenvalue weighted by Gasteiger charge is -2.23. The molecule has 6 heteroatoms. The van der Waals surface area contributed by atoms with E-state index in [0.717, 1.165) is 13.0 Å². The quantitative estimate of drug-likeness (QED) is 0.731. The van der Waals surface area contributed by atoms with Crippen molar-refractivity contribution in [2.45, 2.75) is 12.5 Å². The van der Waals surface area contributed by atoms with Crippen molar-refractivity contribution in [2.75, 3.05) is 32.1 Å². The predicted molar refractivity (Wildman–Crippen MR) is 72.2 cm³/mol. The summed E-state index contributed by atoms with van der Waals surface area (Å²) in [5.41, 5.74) is 0. The summed E-state index contributed by atoms with van der Waals surface area (Å²) in [5, 5.41) is 0. The fourth-order valence-corrected chi connectivity index (χ4v) is 2.17. The van der Waals surface area contributed by atoms with E-state index in [4.69, 9.17) is 4.74 Å². The molecule has 0 saturated carbocycles. The van der Waals surface area contributed by atoms with E-state index in [-0.39, 0.29) is 11.9 Å². The Balaban J connectivity index is 2.13. The van der Waals surface area contributed by atoms with Crippen LogP contribution in [0.1, 0.15) is 6.42 Å². The van der Waals surface area contributed by atoms with Crippen LogP contribution in [0, 0.1) is 0 Å². The second-order valence-corrected chi connectivity index (χ2v) is 4.39. The van der Waals surface area contributed by atoms with Gasteiger partial charge in [-0.1, -0.05) is 6.08 Å². The average Bonchev–Trinajstić information content (AvgIpc) is 2.80. The van der Waals surface area contributed by atoms with Crippen LogP contribution in [0.4, 0.5) is 5.95 Å². The number of anilines is 1. The van der Waals surface area contributed by atoms with Crippen LogP contribution in [0.15, 0.2) is 24.9 Å². The summed E-state index contributed by atoms with van der Waals surface area (Å²) in [6.45, 7) is 4.99. The molecule has 0 aliphatic carbocycles. The van der Waals surface area contributed by atoms with Gasteiger partial charge in [0.25, 0.3) is 0 Å². The van der Waals surface area contributed by atoms with Crippen molar-refractivity contribution in [2.24, 2.45) is 0 Å². The summed E-state index contributed by atoms with van der Waals surface area (Å²) >= 11 is 0. The number of rotatable bonds is 5. The zero-order valence-electron chi connectivity index (χ0n) is 11.2. The van der Waals surface area contributed by atoms with Gasteiger partial charge in [-0.15, -0.1) is 6.58 Å². The summed E-state index contributed by atoms with van der Waals surface area (Å²) in [7, 11) is 3.38. The maximum absolute atomic E-state index is 12.2. The van der Waals surface area contributed by atoms with Gasteiger partial charge >= 0.3 is 0 Å². The molecule has 1 atom stereocenters. The molecular weight excluding hydrogens is 244 g/mol. The van der Waals surface area contributed by atoms with Gasteiger partial charge in [0.2, 0.25) is 17.7 Å². The van der Waals surface area contributed by atoms with Crippen molar-refractivity contribution in [3.05, 3.63) is 24.9 Å². The maximum Gasteiger partial charge on any atom is 0.245 e. The summed E-state index contributed by atoms with van der Waals surface area (Å²) in [5.74, 6) is 1.08. The standard InChI is InChI=1S/C13H18N4O2/c1-4-8-17-9-6-10(12(17)18)16(2)13-14-7-5-11(15-13)19-3/h4-5,7,10H,1,6,8-9H2,2-3H3/t10-/m1/s1. The number of carbonyl (C=O) groups is 1. The number of hydrogen-bond donors (Lipinski definition) is 0. The molecule has 1 aromatic rings. The van der Waals surface area contributed by atoms with Crippen LogP contribution >= 0.6 is 0 Å². The number of aromatic nitrogens is 2. The number of likely N-dealkylation sites (tertiary alicyclic amines) is 1. The van der Waals surface area contributed by atoms with Crippen LogP contribution in [0.5, 0.6) is 5.88 Å². The molecule has 2 rings (SSSR count). The predicted octanol–water partition coefficient (Wildman–Crippen LogP) is 0.708. The highest BCUT2D eigenvalue weighted by molar-refractivity contribution is 5.86. The first-order chi connectivity index (χ1) is 9.17. The van der Waals surface area contributed by atoms with Crippen LogP contribution in [-0.4, -0.2) is 54.1 Å². The van der Waals surface area contributed by atoms with Crippen molar-refractivity contribution in [3.63, 3.8) is 0 Å². The molecule has 6 nitrogen and oxygen atoms in total. The summed E-state index contributed by atoms with van der Waals surface area (Å²) in [4.78, 5) is 24.2. The average molecular weight is 262 g/mol. The van der Waals surface area contributed by atoms with E-state index in [1.165, 1.54) is 0 Å². The highest BCUT2D eigenvalue weighted by Gasteiger charge is 2.34. The molecule has 1 aliphatic heterocycles. The lowest BCUT2D eigenvalue weighted by atomic mass is 10.2. The van der Waals surface area contributed by atoms with E-state index in [0.29, 0.717) is 18.4 Å². The monoisotopic (exact) mass is 262 g/mol. The third-order valence-corrected chi connectivity index (χ3v) is 3.23. The Bertz CT molecular complexity index is 477. The summed E-state index contributed by atoms with van der Waals surface area (Å²) in [6.07, 6.45) is 4.13. The lowest BCUT2D eigenvalue weighted by Crippen LogP contribution is -2.40. The number of ether oxygens (including phenoxy) is 1. The summed E-state index contributed by atoms with van der Waals surface area (Å²) in [6, 6.07) is 1.46. The number of carbonyl (C=O) groups excluding carboxylic acids is 1. The third-order valence-electron chi connectivity index (χ3n) is 3.23. The second-order valence-electron chi connectivity index (χ2n) is 4.39. The normalized spacial score (nSPS) is 18.5. The third kappa shape index (κ3) is 2.67. The molecule has 0 bridgehead atoms. The second kappa shape index (κ2) is 5.69. The molecule has 0 spiro atoms. The number of nitrogens with zero attached hydrogens (tertiary/aromatic N) is 4. The van der Waals surface area contributed by atoms with Gasteiger partial charge in [0.05, 0.1) is 7.11 Å². The first-order valence-electron chi connectivity index (χ1n) is 6.17. The Kier molecular flexibility index (Phi) is 3.99. The Morgan fingerprint density at radius 1 is 1.68 bits per heavy atom. The molecule has 1 aliphatic rings. The van der Waals surface area contributed by atoms with Gasteiger partial charge in [0.15, 0.2) is 0 Å². The Labute approximate surface area is 112 Å². The van der Waals surface area contributed by atoms with Gasteiger partial charge in [-0.05, 0) is 6.42 Å². The van der Waals surface area contributed by atoms with Gasteiger partial charge in [-0.2, -0.15) is 4.98 Å². The fourth-order valence-electron chi connectivity index (χ4n) is 2.17. The zero-order chi connectivity index (χ0) is 13.8. The van der Waals surface area contributed by atoms with Crippen LogP contribution < -0.4 is 9.64 Å². The fraction of sp³-hybridized carbons (Fsp3) is 0.462. The highest BCUT2D eigenvalue weighted by atomic mass is 16.5. The number of hydrogen-bond acceptors (Lipinski definition) is 5. The molecule has 1 amide bonds. The van der Waals surface area contributed by atoms with E-state index in [2.05, 4.69) is 16.5 Å². The van der Waals surface area contributed by atoms with Gasteiger partial charge in [-0.3, -0.25) is 4.79 Å². The SMILES string of the molecule is C=CCN1CC[C@@H](N(C)c2nccc(OC)n2)C1=O. The minimum atomic E-state index is -0.216. The molecule has 0 aromatic carbocycles. The van der Waals surface area contributed by atoms with Crippen molar-refractivity contribution >= 4 is 11.9 Å². The largest absolute Gasteiger partial charge is 0.481 e. The molecule has 1 aromatic heterocycles. The molecule has 1 saturated heterocycles. The van der Waals surface area contributed by atoms with Crippen LogP contribution in [0.3, 0.4) is 0 Å². The smallest absolute Gasteiger partial charge is 0.245 e. The Hall–Kier alpha value is -2.11. The van der Waals surface area contributed by atoms with Gasteiger partial charge in [0, 0.05) is 32.4 Å². The number of methoxy groups -OCH3 is 1. The lowest BCUT2D eigenvalue weighted by molar-refractivity contribution is -0.128. The van der Waals surface area contributed by atoms with E-state index in [1.807, 2.05) is 7.05 Å². The first-order valence-corrected chi connectivity index (χ1v) is 6.17. The maximum atomic E-state index is 12.2. The molecule has 0 unspecified atom stereocenters. The van der Waals surface area contributed by atoms with Crippen molar-refractivity contribution < 1.29 is 9.53 Å². The van der Waals surface area contributed by atoms with Crippen LogP contribution in [0.25, 0.3) is 0 Å². The Morgan fingerprint density at radius 3 is 3.16 bits per heavy atom. The molecular formula is C13H18N4O2. The van der Waals surface area contributed by atoms with E-state index >= 15 is 0 Å². The first kappa shape index (κ1) is 13.3. The molecule has 1 fully saturated rings. The highest BCUT2D eigenvalue weighted by Crippen LogP contribution is 2.20. The molecule has 102 valence electrons. The van der Waals surface area contributed by atoms with Gasteiger partial charge in [-0.25, -0.2) is 4.98 Å². The number of amides is 1. The molecule has 19 heavy (non-hydrogen) atoms. The van der Waals surface area contributed by atoms with E-state index < -0.39 is 0 Å². The van der Waals surface area contributed by atoms with Crippen molar-refractivity contribution in [1.29, 1.82) is 0 Å². The topological polar surface area (TPSA) is 58.6 Å². The van der Waals surface area contributed by atoms with E-state index in [1.54, 1.807) is 35.2 Å². The molecule has 0 N–H and O–H groups in total. The van der Waals surface area contributed by atoms with Gasteiger partial charge in [0.1, 0.15) is 6.04 Å². The van der Waals surface area contributed by atoms with Crippen LogP contribution in [0.2, 0.25) is 0 Å². The van der Waals surface area contributed by atoms with Gasteiger partial charge < -0.3 is 14.5 Å².